The average molecular weight is 475 g/mol. The maximum Gasteiger partial charge on any atom is 0.534 e. The molecule has 0 fully saturated rings. The summed E-state index contributed by atoms with van der Waals surface area (Å²) in [6.45, 7) is 2.62. The summed E-state index contributed by atoms with van der Waals surface area (Å²) in [5, 5.41) is 0. The van der Waals surface area contributed by atoms with Crippen LogP contribution in [-0.2, 0) is 19.6 Å². The minimum atomic E-state index is -5.77. The molecule has 32 heavy (non-hydrogen) atoms. The topological polar surface area (TPSA) is 98.7 Å². The Hall–Kier alpha value is -2.89. The van der Waals surface area contributed by atoms with E-state index in [2.05, 4.69) is 14.2 Å². The molecule has 0 aromatic carbocycles. The van der Waals surface area contributed by atoms with E-state index >= 15 is 0 Å². The highest BCUT2D eigenvalue weighted by Crippen LogP contribution is 2.28. The van der Waals surface area contributed by atoms with Gasteiger partial charge in [0.05, 0.1) is 12.8 Å². The number of anilines is 2. The highest BCUT2D eigenvalue weighted by molar-refractivity contribution is 7.88. The van der Waals surface area contributed by atoms with Crippen molar-refractivity contribution in [2.75, 3.05) is 18.1 Å². The fraction of sp³-hybridized carbons (Fsp3) is 0.450. The molecule has 2 heterocycles. The Bertz CT molecular complexity index is 955. The second-order valence-corrected chi connectivity index (χ2v) is 8.18. The van der Waals surface area contributed by atoms with Crippen molar-refractivity contribution >= 4 is 27.7 Å². The first-order chi connectivity index (χ1) is 15.1. The number of carbonyl (C=O) groups excluding carboxylic acids is 1. The van der Waals surface area contributed by atoms with Gasteiger partial charge in [0.25, 0.3) is 0 Å². The third-order valence-corrected chi connectivity index (χ3v) is 5.21. The number of pyridine rings is 2. The molecular formula is C20H24F3N3O5S. The molecule has 12 heteroatoms. The maximum absolute atomic E-state index is 12.5. The summed E-state index contributed by atoms with van der Waals surface area (Å²) >= 11 is 0. The number of rotatable bonds is 12. The fourth-order valence-corrected chi connectivity index (χ4v) is 3.19. The average Bonchev–Trinajstić information content (AvgIpc) is 2.74. The van der Waals surface area contributed by atoms with Gasteiger partial charge < -0.3 is 13.8 Å². The number of hydrogen-bond acceptors (Lipinski definition) is 8. The molecule has 176 valence electrons. The molecular weight excluding hydrogens is 451 g/mol. The van der Waals surface area contributed by atoms with E-state index in [1.807, 2.05) is 0 Å². The standard InChI is InChI=1S/C20H24F3N3O5S/c1-2-30-19(27)10-5-3-4-8-14-26(17-9-6-7-13-24-17)18-12-11-16(15-25-18)31-32(28,29)20(21,22)23/h6-7,9,11-13,15H,2-5,8,10,14H2,1H3. The molecule has 8 nitrogen and oxygen atoms in total. The normalized spacial score (nSPS) is 11.8. The predicted octanol–water partition coefficient (Wildman–Crippen LogP) is 4.36. The molecule has 0 spiro atoms. The smallest absolute Gasteiger partial charge is 0.466 e. The van der Waals surface area contributed by atoms with Crippen LogP contribution < -0.4 is 9.08 Å². The van der Waals surface area contributed by atoms with Gasteiger partial charge in [-0.2, -0.15) is 21.6 Å². The van der Waals surface area contributed by atoms with E-state index in [9.17, 15) is 26.4 Å². The van der Waals surface area contributed by atoms with E-state index in [0.29, 0.717) is 37.6 Å². The Kier molecular flexibility index (Phi) is 9.24. The van der Waals surface area contributed by atoms with Gasteiger partial charge in [0.15, 0.2) is 5.75 Å². The van der Waals surface area contributed by atoms with Gasteiger partial charge in [-0.15, -0.1) is 0 Å². The number of esters is 1. The largest absolute Gasteiger partial charge is 0.534 e. The first-order valence-corrected chi connectivity index (χ1v) is 11.4. The second-order valence-electron chi connectivity index (χ2n) is 6.64. The van der Waals surface area contributed by atoms with Crippen molar-refractivity contribution in [1.29, 1.82) is 0 Å². The number of alkyl halides is 3. The van der Waals surface area contributed by atoms with Crippen LogP contribution in [0.5, 0.6) is 5.75 Å². The van der Waals surface area contributed by atoms with Gasteiger partial charge in [-0.3, -0.25) is 4.79 Å². The van der Waals surface area contributed by atoms with Crippen molar-refractivity contribution in [2.45, 2.75) is 44.5 Å². The molecule has 0 bridgehead atoms. The van der Waals surface area contributed by atoms with Crippen molar-refractivity contribution in [2.24, 2.45) is 0 Å². The van der Waals surface area contributed by atoms with Gasteiger partial charge in [0.2, 0.25) is 0 Å². The van der Waals surface area contributed by atoms with Crippen LogP contribution in [0, 0.1) is 0 Å². The Morgan fingerprint density at radius 2 is 1.75 bits per heavy atom. The lowest BCUT2D eigenvalue weighted by atomic mass is 10.1. The van der Waals surface area contributed by atoms with E-state index < -0.39 is 21.4 Å². The molecule has 0 amide bonds. The highest BCUT2D eigenvalue weighted by atomic mass is 32.2. The Morgan fingerprint density at radius 3 is 2.34 bits per heavy atom. The summed E-state index contributed by atoms with van der Waals surface area (Å²) in [6.07, 6.45) is 5.96. The van der Waals surface area contributed by atoms with Crippen LogP contribution in [0.3, 0.4) is 0 Å². The number of carbonyl (C=O) groups is 1. The molecule has 2 aromatic rings. The Balaban J connectivity index is 2.01. The van der Waals surface area contributed by atoms with Crippen LogP contribution in [0.25, 0.3) is 0 Å². The predicted molar refractivity (Wildman–Crippen MR) is 111 cm³/mol. The van der Waals surface area contributed by atoms with Crippen molar-refractivity contribution in [3.63, 3.8) is 0 Å². The van der Waals surface area contributed by atoms with E-state index in [4.69, 9.17) is 4.74 Å². The summed E-state index contributed by atoms with van der Waals surface area (Å²) in [5.74, 6) is 0.169. The van der Waals surface area contributed by atoms with Gasteiger partial charge in [-0.05, 0) is 44.0 Å². The van der Waals surface area contributed by atoms with Crippen molar-refractivity contribution < 1.29 is 35.3 Å². The third-order valence-electron chi connectivity index (χ3n) is 4.23. The first kappa shape index (κ1) is 25.4. The molecule has 0 saturated heterocycles. The van der Waals surface area contributed by atoms with Crippen LogP contribution >= 0.6 is 0 Å². The fourth-order valence-electron chi connectivity index (χ4n) is 2.74. The lowest BCUT2D eigenvalue weighted by Crippen LogP contribution is -2.28. The summed E-state index contributed by atoms with van der Waals surface area (Å²) in [4.78, 5) is 21.4. The van der Waals surface area contributed by atoms with E-state index in [1.54, 1.807) is 36.2 Å². The van der Waals surface area contributed by atoms with Gasteiger partial charge >= 0.3 is 21.6 Å². The van der Waals surface area contributed by atoms with Crippen LogP contribution in [0.15, 0.2) is 42.7 Å². The quantitative estimate of drug-likeness (QED) is 0.193. The number of ether oxygens (including phenoxy) is 1. The minimum Gasteiger partial charge on any atom is -0.466 e. The number of halogens is 3. The van der Waals surface area contributed by atoms with Crippen molar-refractivity contribution in [3.8, 4) is 5.75 Å². The van der Waals surface area contributed by atoms with Crippen LogP contribution in [0.2, 0.25) is 0 Å². The van der Waals surface area contributed by atoms with Gasteiger partial charge in [-0.25, -0.2) is 9.97 Å². The number of unbranched alkanes of at least 4 members (excludes halogenated alkanes) is 3. The van der Waals surface area contributed by atoms with Crippen LogP contribution in [-0.4, -0.2) is 43.0 Å². The summed E-state index contributed by atoms with van der Waals surface area (Å²) < 4.78 is 68.7. The molecule has 0 saturated carbocycles. The van der Waals surface area contributed by atoms with Crippen LogP contribution in [0.1, 0.15) is 39.0 Å². The maximum atomic E-state index is 12.5. The molecule has 0 radical (unpaired) electrons. The lowest BCUT2D eigenvalue weighted by Gasteiger charge is -2.23. The Labute approximate surface area is 184 Å². The zero-order valence-corrected chi connectivity index (χ0v) is 18.2. The molecule has 0 aliphatic heterocycles. The summed E-state index contributed by atoms with van der Waals surface area (Å²) in [6, 6.07) is 7.73. The molecule has 2 rings (SSSR count). The zero-order chi connectivity index (χ0) is 23.6. The molecule has 0 atom stereocenters. The third kappa shape index (κ3) is 7.66. The Morgan fingerprint density at radius 1 is 1.03 bits per heavy atom. The molecule has 0 unspecified atom stereocenters. The van der Waals surface area contributed by atoms with E-state index in [-0.39, 0.29) is 5.97 Å². The van der Waals surface area contributed by atoms with Crippen LogP contribution in [0.4, 0.5) is 24.8 Å². The van der Waals surface area contributed by atoms with Gasteiger partial charge in [0, 0.05) is 19.2 Å². The molecule has 0 aliphatic carbocycles. The van der Waals surface area contributed by atoms with Crippen molar-refractivity contribution in [1.82, 2.24) is 9.97 Å². The molecule has 0 N–H and O–H groups in total. The number of aromatic nitrogens is 2. The highest BCUT2D eigenvalue weighted by Gasteiger charge is 2.48. The lowest BCUT2D eigenvalue weighted by molar-refractivity contribution is -0.143. The zero-order valence-electron chi connectivity index (χ0n) is 17.4. The monoisotopic (exact) mass is 475 g/mol. The molecule has 2 aromatic heterocycles. The summed E-state index contributed by atoms with van der Waals surface area (Å²) in [5.41, 5.74) is -5.53. The first-order valence-electron chi connectivity index (χ1n) is 9.95. The molecule has 0 aliphatic rings. The van der Waals surface area contributed by atoms with Gasteiger partial charge in [-0.1, -0.05) is 18.9 Å². The van der Waals surface area contributed by atoms with Crippen molar-refractivity contribution in [3.05, 3.63) is 42.7 Å². The van der Waals surface area contributed by atoms with E-state index in [0.717, 1.165) is 31.5 Å². The second kappa shape index (κ2) is 11.7. The SMILES string of the molecule is CCOC(=O)CCCCCCN(c1ccccn1)c1ccc(OS(=O)(=O)C(F)(F)F)cn1. The van der Waals surface area contributed by atoms with E-state index in [1.165, 1.54) is 6.07 Å². The number of hydrogen-bond donors (Lipinski definition) is 0. The number of nitrogens with zero attached hydrogens (tertiary/aromatic N) is 3. The minimum absolute atomic E-state index is 0.221. The summed E-state index contributed by atoms with van der Waals surface area (Å²) in [7, 11) is -5.77. The van der Waals surface area contributed by atoms with Gasteiger partial charge in [0.1, 0.15) is 11.6 Å².